The summed E-state index contributed by atoms with van der Waals surface area (Å²) in [5, 5.41) is 0. The molecule has 0 aromatic rings. The third kappa shape index (κ3) is 2.71. The maximum atomic E-state index is 6.19. The second-order valence-corrected chi connectivity index (χ2v) is 8.26. The van der Waals surface area contributed by atoms with Gasteiger partial charge in [-0.2, -0.15) is 0 Å². The van der Waals surface area contributed by atoms with Crippen molar-refractivity contribution in [2.24, 2.45) is 0 Å². The second-order valence-electron chi connectivity index (χ2n) is 8.26. The van der Waals surface area contributed by atoms with Crippen molar-refractivity contribution in [3.8, 4) is 0 Å². The van der Waals surface area contributed by atoms with Crippen molar-refractivity contribution < 1.29 is 9.31 Å². The maximum absolute atomic E-state index is 6.19. The smallest absolute Gasteiger partial charge is 0.400 e. The number of likely N-dealkylation sites (tertiary alicyclic amines) is 1. The highest BCUT2D eigenvalue weighted by Crippen LogP contribution is 2.42. The lowest BCUT2D eigenvalue weighted by Crippen LogP contribution is -2.46. The van der Waals surface area contributed by atoms with Gasteiger partial charge < -0.3 is 9.31 Å². The fourth-order valence-electron chi connectivity index (χ4n) is 3.72. The molecule has 2 fully saturated rings. The lowest BCUT2D eigenvalue weighted by Gasteiger charge is -2.41. The summed E-state index contributed by atoms with van der Waals surface area (Å²) in [5.74, 6) is 0. The summed E-state index contributed by atoms with van der Waals surface area (Å²) >= 11 is 0. The van der Waals surface area contributed by atoms with Crippen LogP contribution in [0.1, 0.15) is 66.7 Å². The van der Waals surface area contributed by atoms with Crippen molar-refractivity contribution in [1.82, 2.24) is 4.90 Å². The summed E-state index contributed by atoms with van der Waals surface area (Å²) in [5.41, 5.74) is 1.25. The van der Waals surface area contributed by atoms with Crippen molar-refractivity contribution >= 4 is 7.12 Å². The van der Waals surface area contributed by atoms with Crippen LogP contribution in [-0.2, 0) is 9.31 Å². The summed E-state index contributed by atoms with van der Waals surface area (Å²) in [6.07, 6.45) is 8.58. The molecule has 3 nitrogen and oxygen atoms in total. The first-order valence-electron chi connectivity index (χ1n) is 8.53. The van der Waals surface area contributed by atoms with E-state index in [0.29, 0.717) is 5.54 Å². The molecule has 4 heteroatoms. The molecule has 118 valence electrons. The first-order chi connectivity index (χ1) is 9.74. The molecular formula is C17H30BNO2. The Bertz CT molecular complexity index is 424. The molecule has 1 atom stereocenters. The van der Waals surface area contributed by atoms with Crippen molar-refractivity contribution in [2.75, 3.05) is 13.1 Å². The summed E-state index contributed by atoms with van der Waals surface area (Å²) < 4.78 is 12.4. The van der Waals surface area contributed by atoms with Crippen LogP contribution in [0.15, 0.2) is 11.5 Å². The molecule has 2 heterocycles. The quantitative estimate of drug-likeness (QED) is 0.726. The third-order valence-corrected chi connectivity index (χ3v) is 6.18. The van der Waals surface area contributed by atoms with E-state index in [0.717, 1.165) is 12.8 Å². The molecule has 1 aliphatic carbocycles. The van der Waals surface area contributed by atoms with E-state index < -0.39 is 0 Å². The maximum Gasteiger partial charge on any atom is 0.490 e. The van der Waals surface area contributed by atoms with Gasteiger partial charge in [-0.05, 0) is 85.3 Å². The standard InChI is InChI=1S/C17H30BNO2/c1-15(2)16(3,4)21-18(20-15)14-8-10-17(5,11-9-14)19-12-6-7-13-19/h8H,6-7,9-13H2,1-5H3. The minimum absolute atomic E-state index is 0.141. The zero-order valence-electron chi connectivity index (χ0n) is 14.4. The van der Waals surface area contributed by atoms with E-state index in [1.165, 1.54) is 37.8 Å². The molecule has 1 unspecified atom stereocenters. The van der Waals surface area contributed by atoms with Crippen LogP contribution in [0, 0.1) is 0 Å². The van der Waals surface area contributed by atoms with E-state index in [2.05, 4.69) is 45.6 Å². The number of hydrogen-bond donors (Lipinski definition) is 0. The molecule has 0 N–H and O–H groups in total. The van der Waals surface area contributed by atoms with Gasteiger partial charge in [0.2, 0.25) is 0 Å². The molecule has 0 spiro atoms. The zero-order valence-corrected chi connectivity index (χ0v) is 14.4. The number of allylic oxidation sites excluding steroid dienone is 1. The molecule has 3 aliphatic rings. The van der Waals surface area contributed by atoms with E-state index >= 15 is 0 Å². The van der Waals surface area contributed by atoms with Crippen LogP contribution in [0.25, 0.3) is 0 Å². The van der Waals surface area contributed by atoms with Crippen LogP contribution in [0.4, 0.5) is 0 Å². The predicted molar refractivity (Wildman–Crippen MR) is 87.2 cm³/mol. The summed E-state index contributed by atoms with van der Waals surface area (Å²) in [6, 6.07) is 0. The largest absolute Gasteiger partial charge is 0.490 e. The Morgan fingerprint density at radius 2 is 1.57 bits per heavy atom. The van der Waals surface area contributed by atoms with Crippen molar-refractivity contribution in [3.05, 3.63) is 11.5 Å². The van der Waals surface area contributed by atoms with Crippen LogP contribution >= 0.6 is 0 Å². The molecule has 21 heavy (non-hydrogen) atoms. The molecule has 0 bridgehead atoms. The van der Waals surface area contributed by atoms with E-state index in [1.54, 1.807) is 0 Å². The second kappa shape index (κ2) is 5.11. The monoisotopic (exact) mass is 291 g/mol. The number of hydrogen-bond acceptors (Lipinski definition) is 3. The lowest BCUT2D eigenvalue weighted by atomic mass is 9.68. The first kappa shape index (κ1) is 15.6. The molecule has 0 radical (unpaired) electrons. The van der Waals surface area contributed by atoms with Gasteiger partial charge in [-0.3, -0.25) is 4.90 Å². The van der Waals surface area contributed by atoms with Gasteiger partial charge in [-0.15, -0.1) is 0 Å². The Hall–Kier alpha value is -0.315. The molecule has 0 aromatic heterocycles. The van der Waals surface area contributed by atoms with Crippen LogP contribution in [0.2, 0.25) is 0 Å². The summed E-state index contributed by atoms with van der Waals surface area (Å²) in [7, 11) is -0.141. The van der Waals surface area contributed by atoms with Gasteiger partial charge in [-0.25, -0.2) is 0 Å². The van der Waals surface area contributed by atoms with E-state index in [1.807, 2.05) is 0 Å². The zero-order chi connectivity index (χ0) is 15.3. The number of rotatable bonds is 2. The van der Waals surface area contributed by atoms with Gasteiger partial charge >= 0.3 is 7.12 Å². The van der Waals surface area contributed by atoms with Crippen LogP contribution in [0.5, 0.6) is 0 Å². The Morgan fingerprint density at radius 3 is 2.05 bits per heavy atom. The highest BCUT2D eigenvalue weighted by Gasteiger charge is 2.53. The molecule has 0 saturated carbocycles. The van der Waals surface area contributed by atoms with E-state index in [9.17, 15) is 0 Å². The van der Waals surface area contributed by atoms with E-state index in [-0.39, 0.29) is 18.3 Å². The van der Waals surface area contributed by atoms with Crippen molar-refractivity contribution in [3.63, 3.8) is 0 Å². The van der Waals surface area contributed by atoms with Crippen molar-refractivity contribution in [2.45, 2.75) is 83.5 Å². The average Bonchev–Trinajstić information content (AvgIpc) is 2.98. The van der Waals surface area contributed by atoms with Crippen LogP contribution in [-0.4, -0.2) is 41.8 Å². The Kier molecular flexibility index (Phi) is 3.79. The Morgan fingerprint density at radius 1 is 1.00 bits per heavy atom. The van der Waals surface area contributed by atoms with Gasteiger partial charge in [0.1, 0.15) is 0 Å². The fraction of sp³-hybridized carbons (Fsp3) is 0.882. The number of nitrogens with zero attached hydrogens (tertiary/aromatic N) is 1. The first-order valence-corrected chi connectivity index (χ1v) is 8.53. The van der Waals surface area contributed by atoms with Gasteiger partial charge in [0.05, 0.1) is 11.2 Å². The predicted octanol–water partition coefficient (Wildman–Crippen LogP) is 3.58. The molecule has 2 saturated heterocycles. The summed E-state index contributed by atoms with van der Waals surface area (Å²) in [6.45, 7) is 13.5. The minimum Gasteiger partial charge on any atom is -0.400 e. The highest BCUT2D eigenvalue weighted by atomic mass is 16.7. The molecule has 2 aliphatic heterocycles. The fourth-order valence-corrected chi connectivity index (χ4v) is 3.72. The molecule has 0 aromatic carbocycles. The third-order valence-electron chi connectivity index (χ3n) is 6.18. The molecule has 3 rings (SSSR count). The average molecular weight is 291 g/mol. The van der Waals surface area contributed by atoms with Crippen LogP contribution in [0.3, 0.4) is 0 Å². The molecule has 0 amide bonds. The summed E-state index contributed by atoms with van der Waals surface area (Å²) in [4.78, 5) is 2.69. The van der Waals surface area contributed by atoms with Crippen molar-refractivity contribution in [1.29, 1.82) is 0 Å². The van der Waals surface area contributed by atoms with Gasteiger partial charge in [0.25, 0.3) is 0 Å². The SMILES string of the molecule is CC1(N2CCCC2)CC=C(B2OC(C)(C)C(C)(C)O2)CC1. The van der Waals surface area contributed by atoms with Gasteiger partial charge in [0, 0.05) is 5.54 Å². The molecular weight excluding hydrogens is 261 g/mol. The van der Waals surface area contributed by atoms with Gasteiger partial charge in [-0.1, -0.05) is 6.08 Å². The van der Waals surface area contributed by atoms with Crippen LogP contribution < -0.4 is 0 Å². The Labute approximate surface area is 130 Å². The minimum atomic E-state index is -0.228. The normalized spacial score (nSPS) is 36.0. The van der Waals surface area contributed by atoms with E-state index in [4.69, 9.17) is 9.31 Å². The lowest BCUT2D eigenvalue weighted by molar-refractivity contribution is 0.00578. The Balaban J connectivity index is 1.68. The van der Waals surface area contributed by atoms with Gasteiger partial charge in [0.15, 0.2) is 0 Å². The topological polar surface area (TPSA) is 21.7 Å². The highest BCUT2D eigenvalue weighted by molar-refractivity contribution is 6.54.